The number of nitrogens with zero attached hydrogens (tertiary/aromatic N) is 3. The summed E-state index contributed by atoms with van der Waals surface area (Å²) >= 11 is 0. The zero-order chi connectivity index (χ0) is 14.8. The number of rotatable bonds is 4. The number of nitrogens with one attached hydrogen (secondary N) is 2. The topological polar surface area (TPSA) is 66.5 Å². The summed E-state index contributed by atoms with van der Waals surface area (Å²) in [4.78, 5) is 8.92. The lowest BCUT2D eigenvalue weighted by molar-refractivity contribution is 0.545. The van der Waals surface area contributed by atoms with Crippen molar-refractivity contribution in [3.05, 3.63) is 35.5 Å². The van der Waals surface area contributed by atoms with Crippen molar-refractivity contribution in [2.75, 3.05) is 5.32 Å². The first kappa shape index (κ1) is 14.5. The first-order valence-corrected chi connectivity index (χ1v) is 6.95. The highest BCUT2D eigenvalue weighted by molar-refractivity contribution is 5.35. The van der Waals surface area contributed by atoms with E-state index in [1.54, 1.807) is 6.20 Å². The highest BCUT2D eigenvalue weighted by Gasteiger charge is 2.17. The van der Waals surface area contributed by atoms with Gasteiger partial charge in [-0.05, 0) is 26.0 Å². The molecule has 20 heavy (non-hydrogen) atoms. The smallest absolute Gasteiger partial charge is 0.135 e. The van der Waals surface area contributed by atoms with Gasteiger partial charge in [-0.1, -0.05) is 20.8 Å². The Bertz CT molecular complexity index is 568. The Hall–Kier alpha value is -1.91. The Kier molecular flexibility index (Phi) is 4.06. The molecule has 2 N–H and O–H groups in total. The Balaban J connectivity index is 2.02. The van der Waals surface area contributed by atoms with Crippen LogP contribution < -0.4 is 5.32 Å². The molecular formula is C15H23N5. The number of hydrogen-bond acceptors (Lipinski definition) is 4. The van der Waals surface area contributed by atoms with Gasteiger partial charge in [-0.3, -0.25) is 5.10 Å². The highest BCUT2D eigenvalue weighted by atomic mass is 15.1. The van der Waals surface area contributed by atoms with E-state index < -0.39 is 0 Å². The number of aryl methyl sites for hydroxylation is 1. The van der Waals surface area contributed by atoms with E-state index in [9.17, 15) is 0 Å². The lowest BCUT2D eigenvalue weighted by atomic mass is 9.96. The van der Waals surface area contributed by atoms with E-state index in [1.165, 1.54) is 0 Å². The van der Waals surface area contributed by atoms with Crippen LogP contribution in [0, 0.1) is 6.92 Å². The summed E-state index contributed by atoms with van der Waals surface area (Å²) in [5.74, 6) is 1.72. The molecule has 108 valence electrons. The van der Waals surface area contributed by atoms with Crippen molar-refractivity contribution in [3.8, 4) is 0 Å². The van der Waals surface area contributed by atoms with Gasteiger partial charge in [0.2, 0.25) is 0 Å². The standard InChI is InChI=1S/C15H23N5/c1-10(8-12-9-11(2)19-20-12)17-13-6-7-16-14(18-13)15(3,4)5/h6-7,9-10H,8H2,1-5H3,(H,19,20)(H,16,17,18). The molecule has 0 radical (unpaired) electrons. The summed E-state index contributed by atoms with van der Waals surface area (Å²) in [6, 6.07) is 4.24. The Morgan fingerprint density at radius 3 is 2.70 bits per heavy atom. The molecule has 0 amide bonds. The van der Waals surface area contributed by atoms with Crippen LogP contribution in [0.1, 0.15) is 44.9 Å². The lowest BCUT2D eigenvalue weighted by Crippen LogP contribution is -2.21. The van der Waals surface area contributed by atoms with Crippen molar-refractivity contribution in [1.82, 2.24) is 20.2 Å². The van der Waals surface area contributed by atoms with Crippen LogP contribution in [0.3, 0.4) is 0 Å². The van der Waals surface area contributed by atoms with Gasteiger partial charge in [0.15, 0.2) is 0 Å². The molecule has 0 fully saturated rings. The van der Waals surface area contributed by atoms with Gasteiger partial charge in [-0.25, -0.2) is 9.97 Å². The summed E-state index contributed by atoms with van der Waals surface area (Å²) in [5, 5.41) is 10.6. The van der Waals surface area contributed by atoms with Crippen molar-refractivity contribution in [3.63, 3.8) is 0 Å². The van der Waals surface area contributed by atoms with E-state index in [2.05, 4.69) is 59.2 Å². The van der Waals surface area contributed by atoms with Crippen LogP contribution in [0.25, 0.3) is 0 Å². The monoisotopic (exact) mass is 273 g/mol. The molecule has 5 nitrogen and oxygen atoms in total. The van der Waals surface area contributed by atoms with E-state index in [-0.39, 0.29) is 11.5 Å². The van der Waals surface area contributed by atoms with Gasteiger partial charge in [-0.2, -0.15) is 5.10 Å². The van der Waals surface area contributed by atoms with Crippen molar-refractivity contribution in [1.29, 1.82) is 0 Å². The molecule has 1 unspecified atom stereocenters. The number of anilines is 1. The normalized spacial score (nSPS) is 13.2. The predicted molar refractivity (Wildman–Crippen MR) is 80.8 cm³/mol. The SMILES string of the molecule is Cc1cc(CC(C)Nc2ccnc(C(C)(C)C)n2)n[nH]1. The third kappa shape index (κ3) is 3.79. The second kappa shape index (κ2) is 5.61. The molecule has 0 saturated carbocycles. The van der Waals surface area contributed by atoms with Crippen LogP contribution in [-0.2, 0) is 11.8 Å². The molecule has 0 spiro atoms. The van der Waals surface area contributed by atoms with Crippen LogP contribution in [-0.4, -0.2) is 26.2 Å². The van der Waals surface area contributed by atoms with Crippen molar-refractivity contribution < 1.29 is 0 Å². The number of aromatic amines is 1. The van der Waals surface area contributed by atoms with Gasteiger partial charge in [0.25, 0.3) is 0 Å². The molecule has 0 aliphatic heterocycles. The molecule has 0 saturated heterocycles. The molecule has 0 aromatic carbocycles. The third-order valence-electron chi connectivity index (χ3n) is 2.99. The van der Waals surface area contributed by atoms with E-state index in [4.69, 9.17) is 0 Å². The van der Waals surface area contributed by atoms with Crippen molar-refractivity contribution in [2.45, 2.75) is 52.5 Å². The minimum Gasteiger partial charge on any atom is -0.367 e. The van der Waals surface area contributed by atoms with Gasteiger partial charge in [-0.15, -0.1) is 0 Å². The van der Waals surface area contributed by atoms with Gasteiger partial charge in [0.05, 0.1) is 5.69 Å². The zero-order valence-corrected chi connectivity index (χ0v) is 12.9. The molecule has 2 aromatic heterocycles. The molecular weight excluding hydrogens is 250 g/mol. The second-order valence-electron chi connectivity index (χ2n) is 6.31. The van der Waals surface area contributed by atoms with E-state index in [0.29, 0.717) is 0 Å². The first-order valence-electron chi connectivity index (χ1n) is 6.95. The summed E-state index contributed by atoms with van der Waals surface area (Å²) in [5.41, 5.74) is 2.11. The van der Waals surface area contributed by atoms with Crippen LogP contribution >= 0.6 is 0 Å². The summed E-state index contributed by atoms with van der Waals surface area (Å²) in [6.07, 6.45) is 2.67. The Morgan fingerprint density at radius 1 is 1.35 bits per heavy atom. The molecule has 2 aromatic rings. The van der Waals surface area contributed by atoms with Gasteiger partial charge in [0, 0.05) is 29.8 Å². The molecule has 5 heteroatoms. The second-order valence-corrected chi connectivity index (χ2v) is 6.31. The van der Waals surface area contributed by atoms with E-state index in [0.717, 1.165) is 29.5 Å². The van der Waals surface area contributed by atoms with Gasteiger partial charge < -0.3 is 5.32 Å². The molecule has 0 aliphatic rings. The maximum atomic E-state index is 4.58. The highest BCUT2D eigenvalue weighted by Crippen LogP contribution is 2.19. The fourth-order valence-corrected chi connectivity index (χ4v) is 2.00. The predicted octanol–water partition coefficient (Wildman–Crippen LogP) is 2.85. The largest absolute Gasteiger partial charge is 0.367 e. The summed E-state index contributed by atoms with van der Waals surface area (Å²) in [7, 11) is 0. The van der Waals surface area contributed by atoms with Crippen molar-refractivity contribution in [2.24, 2.45) is 0 Å². The van der Waals surface area contributed by atoms with Gasteiger partial charge >= 0.3 is 0 Å². The van der Waals surface area contributed by atoms with Gasteiger partial charge in [0.1, 0.15) is 11.6 Å². The molecule has 1 atom stereocenters. The van der Waals surface area contributed by atoms with Crippen molar-refractivity contribution >= 4 is 5.82 Å². The number of hydrogen-bond donors (Lipinski definition) is 2. The maximum absolute atomic E-state index is 4.58. The average molecular weight is 273 g/mol. The first-order chi connectivity index (χ1) is 9.34. The Labute approximate surface area is 120 Å². The fraction of sp³-hybridized carbons (Fsp3) is 0.533. The van der Waals surface area contributed by atoms with Crippen LogP contribution in [0.15, 0.2) is 18.3 Å². The quantitative estimate of drug-likeness (QED) is 0.899. The van der Waals surface area contributed by atoms with Crippen LogP contribution in [0.5, 0.6) is 0 Å². The van der Waals surface area contributed by atoms with E-state index in [1.807, 2.05) is 13.0 Å². The van der Waals surface area contributed by atoms with Crippen LogP contribution in [0.4, 0.5) is 5.82 Å². The Morgan fingerprint density at radius 2 is 2.10 bits per heavy atom. The minimum absolute atomic E-state index is 0.0414. The molecule has 2 rings (SSSR count). The fourth-order valence-electron chi connectivity index (χ4n) is 2.00. The zero-order valence-electron chi connectivity index (χ0n) is 12.9. The maximum Gasteiger partial charge on any atom is 0.135 e. The van der Waals surface area contributed by atoms with E-state index >= 15 is 0 Å². The number of H-pyrrole nitrogens is 1. The summed E-state index contributed by atoms with van der Waals surface area (Å²) < 4.78 is 0. The van der Waals surface area contributed by atoms with Crippen LogP contribution in [0.2, 0.25) is 0 Å². The third-order valence-corrected chi connectivity index (χ3v) is 2.99. The number of aromatic nitrogens is 4. The molecule has 2 heterocycles. The summed E-state index contributed by atoms with van der Waals surface area (Å²) in [6.45, 7) is 10.5. The molecule has 0 bridgehead atoms. The average Bonchev–Trinajstić information content (AvgIpc) is 2.73. The minimum atomic E-state index is -0.0414. The molecule has 0 aliphatic carbocycles. The lowest BCUT2D eigenvalue weighted by Gasteiger charge is -2.18.